The molecule has 7 heteroatoms. The minimum atomic E-state index is -3.15. The van der Waals surface area contributed by atoms with Gasteiger partial charge in [0.05, 0.1) is 18.8 Å². The molecule has 1 saturated heterocycles. The van der Waals surface area contributed by atoms with Crippen molar-refractivity contribution in [3.8, 4) is 0 Å². The van der Waals surface area contributed by atoms with Gasteiger partial charge in [0.15, 0.2) is 5.96 Å². The number of nitrogens with one attached hydrogen (secondary N) is 2. The molecule has 2 N–H and O–H groups in total. The van der Waals surface area contributed by atoms with Gasteiger partial charge in [-0.3, -0.25) is 4.99 Å². The highest BCUT2D eigenvalue weighted by Crippen LogP contribution is 2.20. The molecule has 0 bridgehead atoms. The van der Waals surface area contributed by atoms with Gasteiger partial charge in [-0.1, -0.05) is 30.3 Å². The van der Waals surface area contributed by atoms with E-state index >= 15 is 0 Å². The topological polar surface area (TPSA) is 73.8 Å². The van der Waals surface area contributed by atoms with Gasteiger partial charge in [-0.25, -0.2) is 8.42 Å². The summed E-state index contributed by atoms with van der Waals surface area (Å²) < 4.78 is 25.2. The number of nitrogens with zero attached hydrogens (tertiary/aromatic N) is 2. The van der Waals surface area contributed by atoms with Crippen LogP contribution in [0.2, 0.25) is 0 Å². The number of rotatable bonds is 6. The van der Waals surface area contributed by atoms with Crippen LogP contribution >= 0.6 is 0 Å². The highest BCUT2D eigenvalue weighted by molar-refractivity contribution is 7.88. The van der Waals surface area contributed by atoms with E-state index in [4.69, 9.17) is 0 Å². The molecule has 6 nitrogen and oxygen atoms in total. The summed E-state index contributed by atoms with van der Waals surface area (Å²) in [6.45, 7) is 5.93. The van der Waals surface area contributed by atoms with Crippen molar-refractivity contribution in [3.05, 3.63) is 35.9 Å². The van der Waals surface area contributed by atoms with Crippen LogP contribution in [-0.2, 0) is 10.0 Å². The summed E-state index contributed by atoms with van der Waals surface area (Å²) in [5.41, 5.74) is 1.18. The van der Waals surface area contributed by atoms with E-state index in [1.165, 1.54) is 11.8 Å². The van der Waals surface area contributed by atoms with Crippen LogP contribution < -0.4 is 10.6 Å². The third-order valence-electron chi connectivity index (χ3n) is 4.21. The molecule has 0 saturated carbocycles. The van der Waals surface area contributed by atoms with E-state index in [-0.39, 0.29) is 12.1 Å². The van der Waals surface area contributed by atoms with E-state index in [1.807, 2.05) is 25.1 Å². The predicted molar refractivity (Wildman–Crippen MR) is 98.5 cm³/mol. The molecule has 0 radical (unpaired) electrons. The lowest BCUT2D eigenvalue weighted by Crippen LogP contribution is -2.41. The fourth-order valence-electron chi connectivity index (χ4n) is 2.98. The van der Waals surface area contributed by atoms with Crippen LogP contribution in [0.4, 0.5) is 0 Å². The Morgan fingerprint density at radius 3 is 2.71 bits per heavy atom. The van der Waals surface area contributed by atoms with E-state index < -0.39 is 10.0 Å². The molecular formula is C17H28N4O2S. The van der Waals surface area contributed by atoms with Crippen molar-refractivity contribution in [1.82, 2.24) is 14.9 Å². The van der Waals surface area contributed by atoms with Crippen molar-refractivity contribution < 1.29 is 8.42 Å². The third kappa shape index (κ3) is 5.21. The first-order valence-electron chi connectivity index (χ1n) is 8.48. The van der Waals surface area contributed by atoms with Gasteiger partial charge < -0.3 is 10.6 Å². The van der Waals surface area contributed by atoms with Crippen LogP contribution in [0.25, 0.3) is 0 Å². The molecule has 1 aliphatic rings. The Balaban J connectivity index is 2.03. The number of benzene rings is 1. The van der Waals surface area contributed by atoms with Gasteiger partial charge in [0, 0.05) is 19.1 Å². The van der Waals surface area contributed by atoms with Gasteiger partial charge in [-0.2, -0.15) is 4.31 Å². The van der Waals surface area contributed by atoms with Crippen LogP contribution in [0, 0.1) is 0 Å². The number of guanidine groups is 1. The van der Waals surface area contributed by atoms with E-state index in [0.29, 0.717) is 19.0 Å². The first kappa shape index (κ1) is 18.7. The summed E-state index contributed by atoms with van der Waals surface area (Å²) in [7, 11) is -3.15. The fraction of sp³-hybridized carbons (Fsp3) is 0.588. The maximum absolute atomic E-state index is 11.8. The summed E-state index contributed by atoms with van der Waals surface area (Å²) in [5, 5.41) is 6.61. The minimum Gasteiger partial charge on any atom is -0.357 e. The van der Waals surface area contributed by atoms with Crippen molar-refractivity contribution >= 4 is 16.0 Å². The van der Waals surface area contributed by atoms with Crippen LogP contribution in [0.5, 0.6) is 0 Å². The van der Waals surface area contributed by atoms with Crippen LogP contribution in [0.15, 0.2) is 35.3 Å². The molecule has 0 aliphatic carbocycles. The molecule has 1 aliphatic heterocycles. The molecule has 0 amide bonds. The van der Waals surface area contributed by atoms with Crippen molar-refractivity contribution in [3.63, 3.8) is 0 Å². The number of aliphatic imine (C=N–C) groups is 1. The van der Waals surface area contributed by atoms with Gasteiger partial charge in [0.1, 0.15) is 0 Å². The molecule has 1 aromatic carbocycles. The normalized spacial score (nSPS) is 20.8. The third-order valence-corrected chi connectivity index (χ3v) is 5.54. The largest absolute Gasteiger partial charge is 0.357 e. The SMILES string of the molecule is CCNC(=NC[C@H]1CCCN1S(C)(=O)=O)NC(C)c1ccccc1. The number of hydrogen-bond donors (Lipinski definition) is 2. The van der Waals surface area contributed by atoms with Crippen molar-refractivity contribution in [2.45, 2.75) is 38.8 Å². The van der Waals surface area contributed by atoms with Crippen LogP contribution in [-0.4, -0.2) is 50.6 Å². The highest BCUT2D eigenvalue weighted by atomic mass is 32.2. The maximum atomic E-state index is 11.8. The summed E-state index contributed by atoms with van der Waals surface area (Å²) >= 11 is 0. The lowest BCUT2D eigenvalue weighted by molar-refractivity contribution is 0.396. The second-order valence-corrected chi connectivity index (χ2v) is 8.10. The van der Waals surface area contributed by atoms with Crippen LogP contribution in [0.1, 0.15) is 38.3 Å². The standard InChI is InChI=1S/C17H28N4O2S/c1-4-18-17(20-14(2)15-9-6-5-7-10-15)19-13-16-11-8-12-21(16)24(3,22)23/h5-7,9-10,14,16H,4,8,11-13H2,1-3H3,(H2,18,19,20)/t14?,16-/m1/s1. The molecular weight excluding hydrogens is 324 g/mol. The molecule has 0 spiro atoms. The molecule has 1 unspecified atom stereocenters. The van der Waals surface area contributed by atoms with Gasteiger partial charge in [0.25, 0.3) is 0 Å². The summed E-state index contributed by atoms with van der Waals surface area (Å²) in [4.78, 5) is 4.61. The molecule has 1 fully saturated rings. The zero-order chi connectivity index (χ0) is 17.6. The van der Waals surface area contributed by atoms with E-state index in [1.54, 1.807) is 4.31 Å². The van der Waals surface area contributed by atoms with Gasteiger partial charge >= 0.3 is 0 Å². The Bertz CT molecular complexity index is 646. The second-order valence-electron chi connectivity index (χ2n) is 6.17. The predicted octanol–water partition coefficient (Wildman–Crippen LogP) is 1.73. The van der Waals surface area contributed by atoms with E-state index in [0.717, 1.165) is 19.4 Å². The number of hydrogen-bond acceptors (Lipinski definition) is 3. The fourth-order valence-corrected chi connectivity index (χ4v) is 4.15. The molecule has 1 heterocycles. The Kier molecular flexibility index (Phi) is 6.62. The van der Waals surface area contributed by atoms with E-state index in [2.05, 4.69) is 34.7 Å². The molecule has 1 aromatic rings. The first-order chi connectivity index (χ1) is 11.4. The molecule has 134 valence electrons. The first-order valence-corrected chi connectivity index (χ1v) is 10.3. The van der Waals surface area contributed by atoms with E-state index in [9.17, 15) is 8.42 Å². The second kappa shape index (κ2) is 8.48. The Morgan fingerprint density at radius 2 is 2.08 bits per heavy atom. The summed E-state index contributed by atoms with van der Waals surface area (Å²) in [5.74, 6) is 0.717. The lowest BCUT2D eigenvalue weighted by Gasteiger charge is -2.22. The van der Waals surface area contributed by atoms with Crippen molar-refractivity contribution in [2.75, 3.05) is 25.9 Å². The van der Waals surface area contributed by atoms with Crippen LogP contribution in [0.3, 0.4) is 0 Å². The minimum absolute atomic E-state index is 0.0394. The molecule has 0 aromatic heterocycles. The van der Waals surface area contributed by atoms with Crippen molar-refractivity contribution in [2.24, 2.45) is 4.99 Å². The quantitative estimate of drug-likeness (QED) is 0.604. The highest BCUT2D eigenvalue weighted by Gasteiger charge is 2.31. The van der Waals surface area contributed by atoms with Gasteiger partial charge in [-0.05, 0) is 32.3 Å². The molecule has 2 atom stereocenters. The smallest absolute Gasteiger partial charge is 0.211 e. The van der Waals surface area contributed by atoms with Gasteiger partial charge in [0.2, 0.25) is 10.0 Å². The lowest BCUT2D eigenvalue weighted by atomic mass is 10.1. The monoisotopic (exact) mass is 352 g/mol. The zero-order valence-corrected chi connectivity index (χ0v) is 15.5. The summed E-state index contributed by atoms with van der Waals surface area (Å²) in [6, 6.07) is 10.3. The molecule has 2 rings (SSSR count). The molecule has 24 heavy (non-hydrogen) atoms. The average Bonchev–Trinajstić information content (AvgIpc) is 3.02. The average molecular weight is 353 g/mol. The Hall–Kier alpha value is -1.60. The van der Waals surface area contributed by atoms with Crippen molar-refractivity contribution in [1.29, 1.82) is 0 Å². The summed E-state index contributed by atoms with van der Waals surface area (Å²) in [6.07, 6.45) is 3.04. The zero-order valence-electron chi connectivity index (χ0n) is 14.7. The number of sulfonamides is 1. The van der Waals surface area contributed by atoms with Gasteiger partial charge in [-0.15, -0.1) is 0 Å². The maximum Gasteiger partial charge on any atom is 0.211 e. The Morgan fingerprint density at radius 1 is 1.38 bits per heavy atom. The Labute approximate surface area is 145 Å².